The molecule has 1 aromatic heterocycles. The molecule has 3 rings (SSSR count). The maximum absolute atomic E-state index is 12.6. The number of fused-ring (bicyclic) bond motifs is 1. The van der Waals surface area contributed by atoms with Crippen LogP contribution in [0.15, 0.2) is 29.1 Å². The van der Waals surface area contributed by atoms with Crippen molar-refractivity contribution in [3.63, 3.8) is 0 Å². The lowest BCUT2D eigenvalue weighted by Crippen LogP contribution is -2.44. The van der Waals surface area contributed by atoms with Crippen LogP contribution in [0.3, 0.4) is 0 Å². The lowest BCUT2D eigenvalue weighted by atomic mass is 9.97. The SMILES string of the molecule is C[C@@H]1CCC[C@@H](C)N1CCCn1c(=S)[nH]c2ccccc2c1=O. The largest absolute Gasteiger partial charge is 0.332 e. The highest BCUT2D eigenvalue weighted by atomic mass is 32.1. The molecule has 2 atom stereocenters. The number of benzene rings is 1. The van der Waals surface area contributed by atoms with Crippen LogP contribution in [0.25, 0.3) is 10.9 Å². The van der Waals surface area contributed by atoms with Crippen LogP contribution in [0.2, 0.25) is 0 Å². The average molecular weight is 331 g/mol. The Bertz CT molecular complexity index is 785. The predicted molar refractivity (Wildman–Crippen MR) is 97.5 cm³/mol. The number of hydrogen-bond donors (Lipinski definition) is 1. The van der Waals surface area contributed by atoms with Crippen LogP contribution in [-0.4, -0.2) is 33.1 Å². The molecule has 1 N–H and O–H groups in total. The summed E-state index contributed by atoms with van der Waals surface area (Å²) in [5.41, 5.74) is 0.834. The number of rotatable bonds is 4. The normalized spacial score (nSPS) is 22.5. The lowest BCUT2D eigenvalue weighted by molar-refractivity contribution is 0.100. The van der Waals surface area contributed by atoms with Gasteiger partial charge in [-0.1, -0.05) is 18.6 Å². The molecule has 1 aliphatic rings. The monoisotopic (exact) mass is 331 g/mol. The number of piperidine rings is 1. The highest BCUT2D eigenvalue weighted by Crippen LogP contribution is 2.22. The van der Waals surface area contributed by atoms with E-state index in [1.165, 1.54) is 19.3 Å². The van der Waals surface area contributed by atoms with Crippen molar-refractivity contribution in [3.8, 4) is 0 Å². The molecule has 4 nitrogen and oxygen atoms in total. The van der Waals surface area contributed by atoms with Crippen molar-refractivity contribution in [2.45, 2.75) is 58.2 Å². The summed E-state index contributed by atoms with van der Waals surface area (Å²) >= 11 is 5.38. The topological polar surface area (TPSA) is 41.0 Å². The van der Waals surface area contributed by atoms with Gasteiger partial charge in [-0.3, -0.25) is 14.3 Å². The van der Waals surface area contributed by atoms with Gasteiger partial charge < -0.3 is 4.98 Å². The second-order valence-corrected chi connectivity index (χ2v) is 7.04. The Morgan fingerprint density at radius 2 is 1.87 bits per heavy atom. The highest BCUT2D eigenvalue weighted by Gasteiger charge is 2.23. The van der Waals surface area contributed by atoms with Crippen molar-refractivity contribution >= 4 is 23.1 Å². The van der Waals surface area contributed by atoms with Gasteiger partial charge in [0.2, 0.25) is 0 Å². The van der Waals surface area contributed by atoms with Gasteiger partial charge in [-0.2, -0.15) is 0 Å². The molecule has 0 spiro atoms. The maximum Gasteiger partial charge on any atom is 0.262 e. The predicted octanol–water partition coefficient (Wildman–Crippen LogP) is 3.71. The van der Waals surface area contributed by atoms with Crippen LogP contribution in [0.5, 0.6) is 0 Å². The number of H-pyrrole nitrogens is 1. The number of para-hydroxylation sites is 1. The molecule has 1 saturated heterocycles. The van der Waals surface area contributed by atoms with Gasteiger partial charge in [-0.15, -0.1) is 0 Å². The molecule has 1 aromatic carbocycles. The van der Waals surface area contributed by atoms with Crippen molar-refractivity contribution in [1.29, 1.82) is 0 Å². The zero-order valence-corrected chi connectivity index (χ0v) is 14.7. The van der Waals surface area contributed by atoms with Crippen molar-refractivity contribution in [3.05, 3.63) is 39.4 Å². The number of likely N-dealkylation sites (tertiary alicyclic amines) is 1. The van der Waals surface area contributed by atoms with Crippen LogP contribution < -0.4 is 5.56 Å². The Morgan fingerprint density at radius 1 is 1.17 bits per heavy atom. The summed E-state index contributed by atoms with van der Waals surface area (Å²) in [5, 5.41) is 0.709. The molecule has 23 heavy (non-hydrogen) atoms. The Balaban J connectivity index is 1.75. The van der Waals surface area contributed by atoms with Gasteiger partial charge in [0.25, 0.3) is 5.56 Å². The fraction of sp³-hybridized carbons (Fsp3) is 0.556. The number of aromatic nitrogens is 2. The number of nitrogens with zero attached hydrogens (tertiary/aromatic N) is 2. The van der Waals surface area contributed by atoms with E-state index in [-0.39, 0.29) is 5.56 Å². The van der Waals surface area contributed by atoms with Gasteiger partial charge in [-0.25, -0.2) is 0 Å². The molecule has 0 bridgehead atoms. The van der Waals surface area contributed by atoms with E-state index in [0.717, 1.165) is 18.5 Å². The third-order valence-corrected chi connectivity index (χ3v) is 5.39. The Labute approximate surface area is 142 Å². The Morgan fingerprint density at radius 3 is 2.61 bits per heavy atom. The Kier molecular flexibility index (Phi) is 4.97. The van der Waals surface area contributed by atoms with Crippen LogP contribution in [0, 0.1) is 4.77 Å². The smallest absolute Gasteiger partial charge is 0.262 e. The minimum atomic E-state index is 0.0177. The van der Waals surface area contributed by atoms with Crippen LogP contribution in [-0.2, 0) is 6.54 Å². The first kappa shape index (κ1) is 16.4. The quantitative estimate of drug-likeness (QED) is 0.868. The second-order valence-electron chi connectivity index (χ2n) is 6.65. The third kappa shape index (κ3) is 3.40. The average Bonchev–Trinajstić information content (AvgIpc) is 2.53. The number of hydrogen-bond acceptors (Lipinski definition) is 3. The zero-order chi connectivity index (χ0) is 16.4. The van der Waals surface area contributed by atoms with Gasteiger partial charge in [0.05, 0.1) is 10.9 Å². The van der Waals surface area contributed by atoms with Crippen molar-refractivity contribution < 1.29 is 0 Å². The van der Waals surface area contributed by atoms with Crippen LogP contribution in [0.1, 0.15) is 39.5 Å². The first-order valence-electron chi connectivity index (χ1n) is 8.55. The molecular formula is C18H25N3OS. The highest BCUT2D eigenvalue weighted by molar-refractivity contribution is 7.71. The molecule has 0 radical (unpaired) electrons. The molecule has 5 heteroatoms. The van der Waals surface area contributed by atoms with Gasteiger partial charge >= 0.3 is 0 Å². The minimum absolute atomic E-state index is 0.0177. The van der Waals surface area contributed by atoms with Crippen molar-refractivity contribution in [2.24, 2.45) is 0 Å². The van der Waals surface area contributed by atoms with E-state index in [9.17, 15) is 4.79 Å². The van der Waals surface area contributed by atoms with Crippen LogP contribution in [0.4, 0.5) is 0 Å². The molecule has 0 amide bonds. The molecule has 0 saturated carbocycles. The minimum Gasteiger partial charge on any atom is -0.332 e. The van der Waals surface area contributed by atoms with E-state index in [0.29, 0.717) is 28.8 Å². The van der Waals surface area contributed by atoms with E-state index in [2.05, 4.69) is 23.7 Å². The van der Waals surface area contributed by atoms with E-state index >= 15 is 0 Å². The summed E-state index contributed by atoms with van der Waals surface area (Å²) in [6, 6.07) is 8.84. The summed E-state index contributed by atoms with van der Waals surface area (Å²) in [6.45, 7) is 6.32. The third-order valence-electron chi connectivity index (χ3n) is 5.06. The fourth-order valence-electron chi connectivity index (χ4n) is 3.73. The summed E-state index contributed by atoms with van der Waals surface area (Å²) in [7, 11) is 0. The summed E-state index contributed by atoms with van der Waals surface area (Å²) in [5.74, 6) is 0. The maximum atomic E-state index is 12.6. The molecular weight excluding hydrogens is 306 g/mol. The fourth-order valence-corrected chi connectivity index (χ4v) is 4.01. The summed E-state index contributed by atoms with van der Waals surface area (Å²) < 4.78 is 2.23. The van der Waals surface area contributed by atoms with Gasteiger partial charge in [0.15, 0.2) is 4.77 Å². The van der Waals surface area contributed by atoms with E-state index in [1.54, 1.807) is 4.57 Å². The van der Waals surface area contributed by atoms with E-state index < -0.39 is 0 Å². The molecule has 0 unspecified atom stereocenters. The van der Waals surface area contributed by atoms with Gasteiger partial charge in [0.1, 0.15) is 0 Å². The van der Waals surface area contributed by atoms with E-state index in [1.807, 2.05) is 24.3 Å². The molecule has 2 heterocycles. The molecule has 1 fully saturated rings. The lowest BCUT2D eigenvalue weighted by Gasteiger charge is -2.39. The van der Waals surface area contributed by atoms with Crippen LogP contribution >= 0.6 is 12.2 Å². The number of nitrogens with one attached hydrogen (secondary N) is 1. The zero-order valence-electron chi connectivity index (χ0n) is 13.9. The first-order chi connectivity index (χ1) is 11.1. The van der Waals surface area contributed by atoms with Crippen molar-refractivity contribution in [2.75, 3.05) is 6.54 Å². The molecule has 124 valence electrons. The van der Waals surface area contributed by atoms with Gasteiger partial charge in [-0.05, 0) is 57.5 Å². The summed E-state index contributed by atoms with van der Waals surface area (Å²) in [4.78, 5) is 18.4. The number of aromatic amines is 1. The van der Waals surface area contributed by atoms with E-state index in [4.69, 9.17) is 12.2 Å². The standard InChI is InChI=1S/C18H25N3OS/c1-13-7-5-8-14(2)20(13)11-6-12-21-17(22)15-9-3-4-10-16(15)19-18(21)23/h3-4,9-10,13-14H,5-8,11-12H2,1-2H3,(H,19,23)/t13-,14-/m1/s1. The summed E-state index contributed by atoms with van der Waals surface area (Å²) in [6.07, 6.45) is 4.83. The van der Waals surface area contributed by atoms with Gasteiger partial charge in [0, 0.05) is 25.2 Å². The molecule has 2 aromatic rings. The van der Waals surface area contributed by atoms with Crippen molar-refractivity contribution in [1.82, 2.24) is 14.5 Å². The Hall–Kier alpha value is -1.46. The second kappa shape index (κ2) is 6.97. The molecule has 0 aliphatic carbocycles. The first-order valence-corrected chi connectivity index (χ1v) is 8.96. The molecule has 1 aliphatic heterocycles.